The van der Waals surface area contributed by atoms with Crippen molar-refractivity contribution in [3.05, 3.63) is 54.1 Å². The average molecular weight is 329 g/mol. The molecule has 6 heteroatoms. The number of methoxy groups -OCH3 is 2. The van der Waals surface area contributed by atoms with Crippen LogP contribution < -0.4 is 14.8 Å². The second-order valence-corrected chi connectivity index (χ2v) is 4.94. The molecule has 1 atom stereocenters. The molecule has 1 N–H and O–H groups in total. The van der Waals surface area contributed by atoms with Crippen molar-refractivity contribution in [2.45, 2.75) is 13.0 Å². The topological polar surface area (TPSA) is 73.9 Å². The summed E-state index contributed by atoms with van der Waals surface area (Å²) >= 11 is 0. The molecule has 0 aliphatic rings. The van der Waals surface area contributed by atoms with Gasteiger partial charge in [0.15, 0.2) is 6.10 Å². The van der Waals surface area contributed by atoms with Gasteiger partial charge in [0.05, 0.1) is 19.9 Å². The number of esters is 1. The highest BCUT2D eigenvalue weighted by Crippen LogP contribution is 2.23. The Kier molecular flexibility index (Phi) is 5.78. The first kappa shape index (κ1) is 17.3. The predicted octanol–water partition coefficient (Wildman–Crippen LogP) is 2.89. The molecule has 0 radical (unpaired) electrons. The third kappa shape index (κ3) is 4.04. The molecule has 0 aliphatic carbocycles. The third-order valence-electron chi connectivity index (χ3n) is 3.34. The zero-order valence-corrected chi connectivity index (χ0v) is 13.7. The minimum absolute atomic E-state index is 0.261. The number of anilines is 1. The van der Waals surface area contributed by atoms with Crippen molar-refractivity contribution in [1.82, 2.24) is 0 Å². The lowest BCUT2D eigenvalue weighted by molar-refractivity contribution is -0.123. The molecule has 0 saturated carbocycles. The van der Waals surface area contributed by atoms with Crippen LogP contribution in [0.25, 0.3) is 0 Å². The van der Waals surface area contributed by atoms with Crippen molar-refractivity contribution in [2.24, 2.45) is 0 Å². The Morgan fingerprint density at radius 1 is 0.917 bits per heavy atom. The normalized spacial score (nSPS) is 11.3. The molecule has 1 amide bonds. The van der Waals surface area contributed by atoms with E-state index in [1.54, 1.807) is 48.5 Å². The van der Waals surface area contributed by atoms with E-state index in [2.05, 4.69) is 5.32 Å². The smallest absolute Gasteiger partial charge is 0.342 e. The number of ether oxygens (including phenoxy) is 3. The molecular weight excluding hydrogens is 310 g/mol. The van der Waals surface area contributed by atoms with Crippen LogP contribution in [0.5, 0.6) is 11.5 Å². The monoisotopic (exact) mass is 329 g/mol. The molecule has 0 spiro atoms. The maximum Gasteiger partial charge on any atom is 0.342 e. The minimum atomic E-state index is -0.979. The Balaban J connectivity index is 2.05. The summed E-state index contributed by atoms with van der Waals surface area (Å²) in [5.41, 5.74) is 0.766. The van der Waals surface area contributed by atoms with Crippen LogP contribution in [0.1, 0.15) is 17.3 Å². The van der Waals surface area contributed by atoms with Crippen molar-refractivity contribution in [3.63, 3.8) is 0 Å². The Morgan fingerprint density at radius 3 is 2.17 bits per heavy atom. The van der Waals surface area contributed by atoms with Crippen molar-refractivity contribution in [2.75, 3.05) is 19.5 Å². The number of carbonyl (C=O) groups is 2. The fourth-order valence-electron chi connectivity index (χ4n) is 2.07. The maximum atomic E-state index is 12.2. The van der Waals surface area contributed by atoms with Crippen molar-refractivity contribution in [3.8, 4) is 11.5 Å². The minimum Gasteiger partial charge on any atom is -0.496 e. The third-order valence-corrected chi connectivity index (χ3v) is 3.34. The zero-order chi connectivity index (χ0) is 17.5. The first-order valence-electron chi connectivity index (χ1n) is 7.34. The van der Waals surface area contributed by atoms with Gasteiger partial charge in [-0.25, -0.2) is 4.79 Å². The number of hydrogen-bond acceptors (Lipinski definition) is 5. The molecule has 24 heavy (non-hydrogen) atoms. The molecule has 2 rings (SSSR count). The number of benzene rings is 2. The molecule has 2 aromatic rings. The van der Waals surface area contributed by atoms with Crippen LogP contribution in [0.2, 0.25) is 0 Å². The number of amides is 1. The summed E-state index contributed by atoms with van der Waals surface area (Å²) in [5.74, 6) is -0.174. The van der Waals surface area contributed by atoms with Gasteiger partial charge in [-0.05, 0) is 31.2 Å². The van der Waals surface area contributed by atoms with E-state index < -0.39 is 18.0 Å². The fraction of sp³-hybridized carbons (Fsp3) is 0.222. The van der Waals surface area contributed by atoms with Gasteiger partial charge >= 0.3 is 5.97 Å². The summed E-state index contributed by atoms with van der Waals surface area (Å²) in [6.45, 7) is 1.50. The van der Waals surface area contributed by atoms with Crippen LogP contribution in [0.3, 0.4) is 0 Å². The Bertz CT molecular complexity index is 729. The first-order valence-corrected chi connectivity index (χ1v) is 7.34. The van der Waals surface area contributed by atoms with E-state index in [1.807, 2.05) is 0 Å². The van der Waals surface area contributed by atoms with Gasteiger partial charge in [0, 0.05) is 0 Å². The van der Waals surface area contributed by atoms with Gasteiger partial charge in [0.2, 0.25) is 0 Å². The molecule has 6 nitrogen and oxygen atoms in total. The lowest BCUT2D eigenvalue weighted by Crippen LogP contribution is -2.30. The molecular formula is C18H19NO5. The maximum absolute atomic E-state index is 12.2. The molecule has 0 unspecified atom stereocenters. The van der Waals surface area contributed by atoms with Gasteiger partial charge in [-0.3, -0.25) is 4.79 Å². The summed E-state index contributed by atoms with van der Waals surface area (Å²) in [4.78, 5) is 24.4. The van der Waals surface area contributed by atoms with Gasteiger partial charge in [-0.2, -0.15) is 0 Å². The van der Waals surface area contributed by atoms with Gasteiger partial charge in [-0.1, -0.05) is 24.3 Å². The second kappa shape index (κ2) is 8.01. The highest BCUT2D eigenvalue weighted by atomic mass is 16.5. The van der Waals surface area contributed by atoms with Gasteiger partial charge in [-0.15, -0.1) is 0 Å². The van der Waals surface area contributed by atoms with E-state index in [-0.39, 0.29) is 5.56 Å². The fourth-order valence-corrected chi connectivity index (χ4v) is 2.07. The standard InChI is InChI=1S/C18H19NO5/c1-12(17(20)19-14-9-5-7-11-16(14)23-3)24-18(21)13-8-4-6-10-15(13)22-2/h4-12H,1-3H3,(H,19,20)/t12-/m0/s1. The number of nitrogens with one attached hydrogen (secondary N) is 1. The van der Waals surface area contributed by atoms with Crippen LogP contribution in [0.4, 0.5) is 5.69 Å². The predicted molar refractivity (Wildman–Crippen MR) is 89.5 cm³/mol. The van der Waals surface area contributed by atoms with E-state index in [0.717, 1.165) is 0 Å². The van der Waals surface area contributed by atoms with Crippen LogP contribution in [-0.4, -0.2) is 32.2 Å². The zero-order valence-electron chi connectivity index (χ0n) is 13.7. The molecule has 0 saturated heterocycles. The lowest BCUT2D eigenvalue weighted by Gasteiger charge is -2.16. The van der Waals surface area contributed by atoms with E-state index >= 15 is 0 Å². The van der Waals surface area contributed by atoms with Gasteiger partial charge < -0.3 is 19.5 Å². The van der Waals surface area contributed by atoms with E-state index in [1.165, 1.54) is 21.1 Å². The summed E-state index contributed by atoms with van der Waals surface area (Å²) in [6, 6.07) is 13.6. The van der Waals surface area contributed by atoms with Crippen LogP contribution >= 0.6 is 0 Å². The molecule has 126 valence electrons. The van der Waals surface area contributed by atoms with Crippen molar-refractivity contribution >= 4 is 17.6 Å². The average Bonchev–Trinajstić information content (AvgIpc) is 2.61. The van der Waals surface area contributed by atoms with E-state index in [9.17, 15) is 9.59 Å². The number of para-hydroxylation sites is 3. The number of rotatable bonds is 6. The quantitative estimate of drug-likeness (QED) is 0.825. The second-order valence-electron chi connectivity index (χ2n) is 4.94. The van der Waals surface area contributed by atoms with Gasteiger partial charge in [0.1, 0.15) is 17.1 Å². The van der Waals surface area contributed by atoms with E-state index in [0.29, 0.717) is 17.2 Å². The Labute approximate surface area is 140 Å². The van der Waals surface area contributed by atoms with Crippen molar-refractivity contribution in [1.29, 1.82) is 0 Å². The number of hydrogen-bond donors (Lipinski definition) is 1. The van der Waals surface area contributed by atoms with Crippen LogP contribution in [-0.2, 0) is 9.53 Å². The summed E-state index contributed by atoms with van der Waals surface area (Å²) in [7, 11) is 2.97. The van der Waals surface area contributed by atoms with Gasteiger partial charge in [0.25, 0.3) is 5.91 Å². The molecule has 0 heterocycles. The molecule has 0 fully saturated rings. The molecule has 2 aromatic carbocycles. The lowest BCUT2D eigenvalue weighted by atomic mass is 10.2. The summed E-state index contributed by atoms with van der Waals surface area (Å²) in [6.07, 6.45) is -0.979. The highest BCUT2D eigenvalue weighted by Gasteiger charge is 2.21. The van der Waals surface area contributed by atoms with Crippen LogP contribution in [0, 0.1) is 0 Å². The largest absolute Gasteiger partial charge is 0.496 e. The molecule has 0 bridgehead atoms. The van der Waals surface area contributed by atoms with Crippen LogP contribution in [0.15, 0.2) is 48.5 Å². The van der Waals surface area contributed by atoms with E-state index in [4.69, 9.17) is 14.2 Å². The Hall–Kier alpha value is -3.02. The Morgan fingerprint density at radius 2 is 1.50 bits per heavy atom. The molecule has 0 aromatic heterocycles. The summed E-state index contributed by atoms with van der Waals surface area (Å²) in [5, 5.41) is 2.67. The SMILES string of the molecule is COc1ccccc1NC(=O)[C@H](C)OC(=O)c1ccccc1OC. The van der Waals surface area contributed by atoms with Crippen molar-refractivity contribution < 1.29 is 23.8 Å². The first-order chi connectivity index (χ1) is 11.6. The summed E-state index contributed by atoms with van der Waals surface area (Å²) < 4.78 is 15.5. The highest BCUT2D eigenvalue weighted by molar-refractivity contribution is 5.99. The molecule has 0 aliphatic heterocycles. The number of carbonyl (C=O) groups excluding carboxylic acids is 2.